The first-order valence-corrected chi connectivity index (χ1v) is 6.78. The van der Waals surface area contributed by atoms with Gasteiger partial charge in [0.25, 0.3) is 5.69 Å². The van der Waals surface area contributed by atoms with Crippen molar-refractivity contribution in [2.75, 3.05) is 6.54 Å². The molecule has 8 heteroatoms. The zero-order chi connectivity index (χ0) is 17.0. The zero-order valence-electron chi connectivity index (χ0n) is 12.3. The number of benzene rings is 2. The largest absolute Gasteiger partial charge is 0.477 e. The molecule has 0 fully saturated rings. The summed E-state index contributed by atoms with van der Waals surface area (Å²) >= 11 is 0. The van der Waals surface area contributed by atoms with Crippen molar-refractivity contribution in [2.24, 2.45) is 5.73 Å². The number of nitrogens with two attached hydrogens (primary N) is 1. The number of non-ortho nitro benzene ring substituents is 1. The van der Waals surface area contributed by atoms with Gasteiger partial charge in [-0.2, -0.15) is 0 Å². The van der Waals surface area contributed by atoms with Gasteiger partial charge in [0.15, 0.2) is 5.75 Å². The van der Waals surface area contributed by atoms with Crippen molar-refractivity contribution in [3.63, 3.8) is 0 Å². The molecule has 0 heterocycles. The molecule has 23 heavy (non-hydrogen) atoms. The van der Waals surface area contributed by atoms with Crippen LogP contribution in [0.3, 0.4) is 0 Å². The lowest BCUT2D eigenvalue weighted by atomic mass is 10.1. The van der Waals surface area contributed by atoms with Gasteiger partial charge in [0.2, 0.25) is 0 Å². The highest BCUT2D eigenvalue weighted by atomic mass is 16.6. The predicted molar refractivity (Wildman–Crippen MR) is 83.4 cm³/mol. The number of hydrogen-bond donors (Lipinski definition) is 1. The van der Waals surface area contributed by atoms with E-state index >= 15 is 0 Å². The average Bonchev–Trinajstić information content (AvgIpc) is 2.53. The molecule has 0 saturated heterocycles. The molecule has 0 aliphatic rings. The van der Waals surface area contributed by atoms with Gasteiger partial charge in [0, 0.05) is 12.6 Å². The van der Waals surface area contributed by atoms with Gasteiger partial charge in [-0.15, -0.1) is 0 Å². The molecule has 2 rings (SSSR count). The number of aryl methyl sites for hydroxylation is 1. The molecular weight excluding hydrogens is 302 g/mol. The van der Waals surface area contributed by atoms with E-state index in [0.29, 0.717) is 0 Å². The van der Waals surface area contributed by atoms with Crippen LogP contribution in [0.1, 0.15) is 17.2 Å². The molecule has 1 unspecified atom stereocenters. The van der Waals surface area contributed by atoms with E-state index in [9.17, 15) is 20.2 Å². The smallest absolute Gasteiger partial charge is 0.317 e. The van der Waals surface area contributed by atoms with Crippen LogP contribution in [0, 0.1) is 27.2 Å². The zero-order valence-corrected chi connectivity index (χ0v) is 12.3. The van der Waals surface area contributed by atoms with E-state index in [1.165, 1.54) is 6.07 Å². The lowest BCUT2D eigenvalue weighted by Gasteiger charge is -2.18. The van der Waals surface area contributed by atoms with Crippen LogP contribution in [0.4, 0.5) is 11.4 Å². The Morgan fingerprint density at radius 1 is 1.09 bits per heavy atom. The fraction of sp³-hybridized carbons (Fsp3) is 0.200. The Balaban J connectivity index is 2.35. The summed E-state index contributed by atoms with van der Waals surface area (Å²) in [7, 11) is 0. The van der Waals surface area contributed by atoms with Crippen LogP contribution in [0.25, 0.3) is 0 Å². The average molecular weight is 317 g/mol. The minimum absolute atomic E-state index is 0.0587. The van der Waals surface area contributed by atoms with Crippen LogP contribution in [0.2, 0.25) is 0 Å². The first-order valence-electron chi connectivity index (χ1n) is 6.78. The van der Waals surface area contributed by atoms with Crippen LogP contribution in [-0.2, 0) is 0 Å². The third-order valence-corrected chi connectivity index (χ3v) is 3.28. The molecule has 0 amide bonds. The van der Waals surface area contributed by atoms with Crippen LogP contribution in [0.15, 0.2) is 42.5 Å². The maximum Gasteiger partial charge on any atom is 0.317 e. The van der Waals surface area contributed by atoms with Gasteiger partial charge in [-0.05, 0) is 18.6 Å². The molecule has 0 saturated carbocycles. The van der Waals surface area contributed by atoms with Crippen LogP contribution in [-0.4, -0.2) is 16.4 Å². The summed E-state index contributed by atoms with van der Waals surface area (Å²) < 4.78 is 5.63. The first kappa shape index (κ1) is 16.4. The van der Waals surface area contributed by atoms with Crippen LogP contribution >= 0.6 is 0 Å². The first-order chi connectivity index (χ1) is 10.9. The van der Waals surface area contributed by atoms with E-state index < -0.39 is 21.6 Å². The molecule has 0 aromatic heterocycles. The summed E-state index contributed by atoms with van der Waals surface area (Å²) in [5, 5.41) is 21.9. The second-order valence-corrected chi connectivity index (χ2v) is 4.92. The highest BCUT2D eigenvalue weighted by molar-refractivity contribution is 5.53. The second-order valence-electron chi connectivity index (χ2n) is 4.92. The SMILES string of the molecule is Cc1ccc(C(CN)Oc2ccc([N+](=O)[O-])cc2[N+](=O)[O-])cc1. The molecule has 0 bridgehead atoms. The Morgan fingerprint density at radius 3 is 2.26 bits per heavy atom. The maximum atomic E-state index is 11.1. The van der Waals surface area contributed by atoms with E-state index in [1.54, 1.807) is 0 Å². The van der Waals surface area contributed by atoms with E-state index in [1.807, 2.05) is 31.2 Å². The molecule has 8 nitrogen and oxygen atoms in total. The summed E-state index contributed by atoms with van der Waals surface area (Å²) in [5.41, 5.74) is 6.68. The van der Waals surface area contributed by atoms with E-state index in [4.69, 9.17) is 10.5 Å². The normalized spacial score (nSPS) is 11.7. The fourth-order valence-corrected chi connectivity index (χ4v) is 2.05. The Morgan fingerprint density at radius 2 is 1.74 bits per heavy atom. The van der Waals surface area contributed by atoms with E-state index in [0.717, 1.165) is 23.3 Å². The van der Waals surface area contributed by atoms with Crippen molar-refractivity contribution in [3.8, 4) is 5.75 Å². The van der Waals surface area contributed by atoms with Gasteiger partial charge in [0.1, 0.15) is 6.10 Å². The standard InChI is InChI=1S/C15H15N3O5/c1-10-2-4-11(5-3-10)15(9-16)23-14-7-6-12(17(19)20)8-13(14)18(21)22/h2-8,15H,9,16H2,1H3. The van der Waals surface area contributed by atoms with Crippen LogP contribution < -0.4 is 10.5 Å². The summed E-state index contributed by atoms with van der Waals surface area (Å²) in [6.07, 6.45) is -0.587. The molecule has 120 valence electrons. The Kier molecular flexibility index (Phi) is 4.87. The number of hydrogen-bond acceptors (Lipinski definition) is 6. The van der Waals surface area contributed by atoms with Gasteiger partial charge in [0.05, 0.1) is 15.9 Å². The Hall–Kier alpha value is -3.00. The molecular formula is C15H15N3O5. The van der Waals surface area contributed by atoms with Crippen LogP contribution in [0.5, 0.6) is 5.75 Å². The van der Waals surface area contributed by atoms with Crippen molar-refractivity contribution in [1.82, 2.24) is 0 Å². The van der Waals surface area contributed by atoms with Gasteiger partial charge in [-0.1, -0.05) is 29.8 Å². The minimum atomic E-state index is -0.717. The molecule has 2 aromatic rings. The monoisotopic (exact) mass is 317 g/mol. The second kappa shape index (κ2) is 6.84. The molecule has 0 radical (unpaired) electrons. The molecule has 2 aromatic carbocycles. The number of nitro benzene ring substituents is 2. The Labute approximate surface area is 131 Å². The lowest BCUT2D eigenvalue weighted by Crippen LogP contribution is -2.19. The quantitative estimate of drug-likeness (QED) is 0.645. The van der Waals surface area contributed by atoms with Gasteiger partial charge < -0.3 is 10.5 Å². The number of ether oxygens (including phenoxy) is 1. The molecule has 1 atom stereocenters. The van der Waals surface area contributed by atoms with Gasteiger partial charge in [-0.3, -0.25) is 20.2 Å². The molecule has 0 aliphatic carbocycles. The number of nitro groups is 2. The van der Waals surface area contributed by atoms with Crippen molar-refractivity contribution in [2.45, 2.75) is 13.0 Å². The Bertz CT molecular complexity index is 730. The predicted octanol–water partition coefficient (Wildman–Crippen LogP) is 2.89. The van der Waals surface area contributed by atoms with Crippen molar-refractivity contribution in [1.29, 1.82) is 0 Å². The van der Waals surface area contributed by atoms with E-state index in [-0.39, 0.29) is 18.0 Å². The molecule has 2 N–H and O–H groups in total. The fourth-order valence-electron chi connectivity index (χ4n) is 2.05. The van der Waals surface area contributed by atoms with Gasteiger partial charge >= 0.3 is 5.69 Å². The number of nitrogens with zero attached hydrogens (tertiary/aromatic N) is 2. The van der Waals surface area contributed by atoms with E-state index in [2.05, 4.69) is 0 Å². The highest BCUT2D eigenvalue weighted by Crippen LogP contribution is 2.34. The van der Waals surface area contributed by atoms with Gasteiger partial charge in [-0.25, -0.2) is 0 Å². The summed E-state index contributed by atoms with van der Waals surface area (Å²) in [5.74, 6) is -0.0587. The highest BCUT2D eigenvalue weighted by Gasteiger charge is 2.23. The molecule has 0 spiro atoms. The van der Waals surface area contributed by atoms with Crippen molar-refractivity contribution in [3.05, 3.63) is 73.8 Å². The third-order valence-electron chi connectivity index (χ3n) is 3.28. The lowest BCUT2D eigenvalue weighted by molar-refractivity contribution is -0.394. The van der Waals surface area contributed by atoms with Crippen molar-refractivity contribution >= 4 is 11.4 Å². The van der Waals surface area contributed by atoms with Crippen molar-refractivity contribution < 1.29 is 14.6 Å². The number of rotatable bonds is 6. The summed E-state index contributed by atoms with van der Waals surface area (Å²) in [6, 6.07) is 10.7. The summed E-state index contributed by atoms with van der Waals surface area (Å²) in [4.78, 5) is 20.4. The summed E-state index contributed by atoms with van der Waals surface area (Å²) in [6.45, 7) is 2.04. The topological polar surface area (TPSA) is 122 Å². The minimum Gasteiger partial charge on any atom is -0.477 e. The third kappa shape index (κ3) is 3.80. The maximum absolute atomic E-state index is 11.1. The molecule has 0 aliphatic heterocycles.